The molecule has 2 aromatic rings. The Labute approximate surface area is 127 Å². The fourth-order valence-corrected chi connectivity index (χ4v) is 4.02. The maximum atomic E-state index is 12.7. The third kappa shape index (κ3) is 2.07. The van der Waals surface area contributed by atoms with Gasteiger partial charge >= 0.3 is 0 Å². The minimum absolute atomic E-state index is 0.0727. The van der Waals surface area contributed by atoms with Gasteiger partial charge in [0.15, 0.2) is 0 Å². The van der Waals surface area contributed by atoms with Crippen molar-refractivity contribution < 1.29 is 0 Å². The third-order valence-corrected chi connectivity index (χ3v) is 5.30. The van der Waals surface area contributed by atoms with E-state index in [1.165, 1.54) is 12.8 Å². The first-order chi connectivity index (χ1) is 10.1. The van der Waals surface area contributed by atoms with Crippen LogP contribution in [-0.4, -0.2) is 39.0 Å². The molecule has 0 spiro atoms. The van der Waals surface area contributed by atoms with Crippen molar-refractivity contribution in [1.29, 1.82) is 0 Å². The Morgan fingerprint density at radius 2 is 1.90 bits per heavy atom. The molecule has 0 aliphatic carbocycles. The maximum absolute atomic E-state index is 12.7. The van der Waals surface area contributed by atoms with Crippen LogP contribution in [0.3, 0.4) is 0 Å². The van der Waals surface area contributed by atoms with E-state index in [2.05, 4.69) is 22.3 Å². The van der Waals surface area contributed by atoms with Gasteiger partial charge in [-0.25, -0.2) is 4.68 Å². The number of halogens is 1. The maximum Gasteiger partial charge on any atom is 0.277 e. The molecular formula is C15H17ClN4O. The van der Waals surface area contributed by atoms with Gasteiger partial charge < -0.3 is 4.90 Å². The molecule has 0 N–H and O–H groups in total. The molecule has 2 aliphatic heterocycles. The first kappa shape index (κ1) is 13.2. The monoisotopic (exact) mass is 304 g/mol. The summed E-state index contributed by atoms with van der Waals surface area (Å²) in [5.74, 6) is 0. The summed E-state index contributed by atoms with van der Waals surface area (Å²) in [7, 11) is 2.19. The van der Waals surface area contributed by atoms with Gasteiger partial charge in [-0.05, 0) is 50.9 Å². The Hall–Kier alpha value is -1.46. The van der Waals surface area contributed by atoms with Gasteiger partial charge in [-0.3, -0.25) is 4.79 Å². The van der Waals surface area contributed by atoms with E-state index in [1.807, 2.05) is 0 Å². The van der Waals surface area contributed by atoms with Crippen molar-refractivity contribution in [3.05, 3.63) is 33.6 Å². The predicted octanol–water partition coefficient (Wildman–Crippen LogP) is 2.24. The molecule has 4 rings (SSSR count). The summed E-state index contributed by atoms with van der Waals surface area (Å²) in [5, 5.41) is 9.48. The van der Waals surface area contributed by atoms with E-state index < -0.39 is 0 Å². The van der Waals surface area contributed by atoms with Crippen LogP contribution in [0.15, 0.2) is 23.0 Å². The van der Waals surface area contributed by atoms with E-state index in [4.69, 9.17) is 11.6 Å². The molecule has 2 saturated heterocycles. The van der Waals surface area contributed by atoms with Gasteiger partial charge in [-0.1, -0.05) is 16.8 Å². The molecule has 2 bridgehead atoms. The molecule has 5 nitrogen and oxygen atoms in total. The molecule has 2 fully saturated rings. The van der Waals surface area contributed by atoms with Crippen LogP contribution in [0.25, 0.3) is 10.9 Å². The smallest absolute Gasteiger partial charge is 0.277 e. The Morgan fingerprint density at radius 3 is 2.62 bits per heavy atom. The highest BCUT2D eigenvalue weighted by Gasteiger charge is 2.39. The molecule has 0 amide bonds. The SMILES string of the molecule is CN1[C@@H]2CC[C@H]1CC(n1nnc3ccc(Cl)cc3c1=O)C2. The van der Waals surface area contributed by atoms with E-state index in [0.29, 0.717) is 28.0 Å². The second-order valence-corrected chi connectivity index (χ2v) is 6.61. The lowest BCUT2D eigenvalue weighted by Crippen LogP contribution is -2.43. The van der Waals surface area contributed by atoms with Crippen LogP contribution in [0.2, 0.25) is 5.02 Å². The van der Waals surface area contributed by atoms with Gasteiger partial charge in [0, 0.05) is 17.1 Å². The zero-order valence-electron chi connectivity index (χ0n) is 11.9. The molecular weight excluding hydrogens is 288 g/mol. The Kier molecular flexibility index (Phi) is 3.01. The topological polar surface area (TPSA) is 51.0 Å². The highest BCUT2D eigenvalue weighted by atomic mass is 35.5. The molecule has 1 unspecified atom stereocenters. The number of hydrogen-bond donors (Lipinski definition) is 0. The van der Waals surface area contributed by atoms with Gasteiger partial charge in [-0.2, -0.15) is 0 Å². The molecule has 6 heteroatoms. The third-order valence-electron chi connectivity index (χ3n) is 5.07. The summed E-state index contributed by atoms with van der Waals surface area (Å²) in [6.07, 6.45) is 4.40. The number of rotatable bonds is 1. The lowest BCUT2D eigenvalue weighted by molar-refractivity contribution is 0.128. The highest BCUT2D eigenvalue weighted by molar-refractivity contribution is 6.31. The average Bonchev–Trinajstić information content (AvgIpc) is 2.70. The van der Waals surface area contributed by atoms with Gasteiger partial charge in [-0.15, -0.1) is 5.10 Å². The summed E-state index contributed by atoms with van der Waals surface area (Å²) < 4.78 is 1.58. The number of nitrogens with zero attached hydrogens (tertiary/aromatic N) is 4. The summed E-state index contributed by atoms with van der Waals surface area (Å²) in [6.45, 7) is 0. The van der Waals surface area contributed by atoms with Crippen LogP contribution in [0.4, 0.5) is 0 Å². The quantitative estimate of drug-likeness (QED) is 0.811. The summed E-state index contributed by atoms with van der Waals surface area (Å²) in [5.41, 5.74) is 0.535. The number of aromatic nitrogens is 3. The van der Waals surface area contributed by atoms with Gasteiger partial charge in [0.2, 0.25) is 0 Å². The van der Waals surface area contributed by atoms with Crippen molar-refractivity contribution in [3.63, 3.8) is 0 Å². The Balaban J connectivity index is 1.77. The first-order valence-corrected chi connectivity index (χ1v) is 7.78. The van der Waals surface area contributed by atoms with Crippen molar-refractivity contribution in [3.8, 4) is 0 Å². The predicted molar refractivity (Wildman–Crippen MR) is 81.7 cm³/mol. The average molecular weight is 305 g/mol. The van der Waals surface area contributed by atoms with E-state index in [9.17, 15) is 4.79 Å². The van der Waals surface area contributed by atoms with Crippen LogP contribution in [-0.2, 0) is 0 Å². The van der Waals surface area contributed by atoms with Gasteiger partial charge in [0.25, 0.3) is 5.56 Å². The summed E-state index contributed by atoms with van der Waals surface area (Å²) in [6, 6.07) is 6.46. The van der Waals surface area contributed by atoms with Crippen LogP contribution < -0.4 is 5.56 Å². The molecule has 3 atom stereocenters. The van der Waals surface area contributed by atoms with E-state index in [-0.39, 0.29) is 11.6 Å². The van der Waals surface area contributed by atoms with Crippen molar-refractivity contribution in [2.75, 3.05) is 7.05 Å². The molecule has 2 aliphatic rings. The normalized spacial score (nSPS) is 29.1. The Bertz CT molecular complexity index is 745. The summed E-state index contributed by atoms with van der Waals surface area (Å²) in [4.78, 5) is 15.1. The largest absolute Gasteiger partial charge is 0.300 e. The Morgan fingerprint density at radius 1 is 1.19 bits per heavy atom. The molecule has 1 aromatic carbocycles. The standard InChI is InChI=1S/C15H17ClN4O/c1-19-10-3-4-11(19)8-12(7-10)20-15(21)13-6-9(16)2-5-14(13)17-18-20/h2,5-6,10-12H,3-4,7-8H2,1H3/t10-,11+,12?. The van der Waals surface area contributed by atoms with Crippen LogP contribution in [0.5, 0.6) is 0 Å². The van der Waals surface area contributed by atoms with Crippen molar-refractivity contribution >= 4 is 22.5 Å². The zero-order valence-corrected chi connectivity index (χ0v) is 12.6. The van der Waals surface area contributed by atoms with E-state index in [1.54, 1.807) is 22.9 Å². The van der Waals surface area contributed by atoms with E-state index >= 15 is 0 Å². The minimum atomic E-state index is -0.0727. The second-order valence-electron chi connectivity index (χ2n) is 6.18. The van der Waals surface area contributed by atoms with Crippen molar-refractivity contribution in [2.45, 2.75) is 43.8 Å². The molecule has 1 aromatic heterocycles. The van der Waals surface area contributed by atoms with E-state index in [0.717, 1.165) is 12.8 Å². The first-order valence-electron chi connectivity index (χ1n) is 7.40. The zero-order chi connectivity index (χ0) is 14.6. The van der Waals surface area contributed by atoms with Crippen LogP contribution in [0, 0.1) is 0 Å². The summed E-state index contributed by atoms with van der Waals surface area (Å²) >= 11 is 6.00. The minimum Gasteiger partial charge on any atom is -0.300 e. The molecule has 0 radical (unpaired) electrons. The highest BCUT2D eigenvalue weighted by Crippen LogP contribution is 2.38. The fourth-order valence-electron chi connectivity index (χ4n) is 3.85. The van der Waals surface area contributed by atoms with Gasteiger partial charge in [0.1, 0.15) is 5.52 Å². The number of fused-ring (bicyclic) bond motifs is 3. The molecule has 3 heterocycles. The van der Waals surface area contributed by atoms with Crippen LogP contribution >= 0.6 is 11.6 Å². The lowest BCUT2D eigenvalue weighted by atomic mass is 9.98. The fraction of sp³-hybridized carbons (Fsp3) is 0.533. The molecule has 110 valence electrons. The second kappa shape index (κ2) is 4.78. The van der Waals surface area contributed by atoms with Gasteiger partial charge in [0.05, 0.1) is 11.4 Å². The number of piperidine rings is 1. The number of hydrogen-bond acceptors (Lipinski definition) is 4. The number of benzene rings is 1. The molecule has 0 saturated carbocycles. The van der Waals surface area contributed by atoms with Crippen molar-refractivity contribution in [1.82, 2.24) is 19.9 Å². The molecule has 21 heavy (non-hydrogen) atoms. The van der Waals surface area contributed by atoms with Crippen molar-refractivity contribution in [2.24, 2.45) is 0 Å². The lowest BCUT2D eigenvalue weighted by Gasteiger charge is -2.36. The van der Waals surface area contributed by atoms with Crippen LogP contribution in [0.1, 0.15) is 31.7 Å².